The van der Waals surface area contributed by atoms with Gasteiger partial charge in [0.05, 0.1) is 26.3 Å². The van der Waals surface area contributed by atoms with E-state index in [2.05, 4.69) is 25.9 Å². The van der Waals surface area contributed by atoms with Gasteiger partial charge in [-0.15, -0.1) is 0 Å². The highest BCUT2D eigenvalue weighted by Gasteiger charge is 2.33. The van der Waals surface area contributed by atoms with E-state index in [4.69, 9.17) is 9.47 Å². The minimum absolute atomic E-state index is 0.146. The molecule has 1 saturated carbocycles. The molecule has 2 aromatic rings. The summed E-state index contributed by atoms with van der Waals surface area (Å²) in [6.45, 7) is 9.82. The standard InChI is InChI=1S/C23H33N3O3/c1-15(2)13-26-17(4)21(16(3)24-26)12-23(27)25(19-7-8-19)14-18-11-20(28-5)9-10-22(18)29-6/h9-11,15,19H,7-8,12-14H2,1-6H3. The van der Waals surface area contributed by atoms with Crippen LogP contribution >= 0.6 is 0 Å². The fraction of sp³-hybridized carbons (Fsp3) is 0.565. The Bertz CT molecular complexity index is 868. The molecule has 6 nitrogen and oxygen atoms in total. The molecule has 29 heavy (non-hydrogen) atoms. The van der Waals surface area contributed by atoms with Gasteiger partial charge in [-0.3, -0.25) is 9.48 Å². The van der Waals surface area contributed by atoms with Gasteiger partial charge < -0.3 is 14.4 Å². The number of aryl methyl sites for hydroxylation is 1. The first-order valence-corrected chi connectivity index (χ1v) is 10.4. The highest BCUT2D eigenvalue weighted by atomic mass is 16.5. The summed E-state index contributed by atoms with van der Waals surface area (Å²) in [6.07, 6.45) is 2.50. The van der Waals surface area contributed by atoms with Crippen molar-refractivity contribution in [2.45, 2.75) is 66.1 Å². The van der Waals surface area contributed by atoms with E-state index in [1.165, 1.54) is 0 Å². The van der Waals surface area contributed by atoms with E-state index in [9.17, 15) is 4.79 Å². The maximum absolute atomic E-state index is 13.3. The van der Waals surface area contributed by atoms with Gasteiger partial charge in [0, 0.05) is 36.0 Å². The van der Waals surface area contributed by atoms with Crippen LogP contribution in [0, 0.1) is 19.8 Å². The predicted molar refractivity (Wildman–Crippen MR) is 113 cm³/mol. The Morgan fingerprint density at radius 3 is 2.55 bits per heavy atom. The van der Waals surface area contributed by atoms with Crippen molar-refractivity contribution in [3.05, 3.63) is 40.7 Å². The number of carbonyl (C=O) groups is 1. The molecule has 0 saturated heterocycles. The summed E-state index contributed by atoms with van der Waals surface area (Å²) < 4.78 is 12.9. The van der Waals surface area contributed by atoms with Crippen molar-refractivity contribution in [2.24, 2.45) is 5.92 Å². The molecular formula is C23H33N3O3. The molecule has 0 N–H and O–H groups in total. The van der Waals surface area contributed by atoms with Crippen molar-refractivity contribution < 1.29 is 14.3 Å². The monoisotopic (exact) mass is 399 g/mol. The number of carbonyl (C=O) groups excluding carboxylic acids is 1. The summed E-state index contributed by atoms with van der Waals surface area (Å²) >= 11 is 0. The van der Waals surface area contributed by atoms with E-state index in [1.807, 2.05) is 34.7 Å². The Kier molecular flexibility index (Phi) is 6.50. The van der Waals surface area contributed by atoms with E-state index < -0.39 is 0 Å². The Hall–Kier alpha value is -2.50. The number of ether oxygens (including phenoxy) is 2. The first-order chi connectivity index (χ1) is 13.8. The lowest BCUT2D eigenvalue weighted by Gasteiger charge is -2.24. The van der Waals surface area contributed by atoms with E-state index in [0.717, 1.165) is 53.4 Å². The van der Waals surface area contributed by atoms with Crippen molar-refractivity contribution in [3.8, 4) is 11.5 Å². The third kappa shape index (κ3) is 4.92. The number of aromatic nitrogens is 2. The first-order valence-electron chi connectivity index (χ1n) is 10.4. The molecule has 6 heteroatoms. The summed E-state index contributed by atoms with van der Waals surface area (Å²) in [4.78, 5) is 15.3. The Labute approximate surface area is 173 Å². The van der Waals surface area contributed by atoms with Gasteiger partial charge in [-0.05, 0) is 50.8 Å². The number of hydrogen-bond acceptors (Lipinski definition) is 4. The number of benzene rings is 1. The number of hydrogen-bond donors (Lipinski definition) is 0. The molecule has 0 bridgehead atoms. The quantitative estimate of drug-likeness (QED) is 0.642. The molecule has 1 fully saturated rings. The largest absolute Gasteiger partial charge is 0.497 e. The molecular weight excluding hydrogens is 366 g/mol. The Morgan fingerprint density at radius 2 is 1.97 bits per heavy atom. The molecule has 158 valence electrons. The molecule has 0 radical (unpaired) electrons. The van der Waals surface area contributed by atoms with Crippen LogP contribution in [0.3, 0.4) is 0 Å². The molecule has 0 aliphatic heterocycles. The van der Waals surface area contributed by atoms with Crippen LogP contribution in [0.1, 0.15) is 49.2 Å². The van der Waals surface area contributed by atoms with Crippen molar-refractivity contribution >= 4 is 5.91 Å². The van der Waals surface area contributed by atoms with Gasteiger partial charge in [-0.25, -0.2) is 0 Å². The second kappa shape index (κ2) is 8.89. The average Bonchev–Trinajstić information content (AvgIpc) is 3.49. The van der Waals surface area contributed by atoms with Gasteiger partial charge >= 0.3 is 0 Å². The average molecular weight is 400 g/mol. The van der Waals surface area contributed by atoms with Crippen LogP contribution < -0.4 is 9.47 Å². The highest BCUT2D eigenvalue weighted by molar-refractivity contribution is 5.80. The maximum atomic E-state index is 13.3. The third-order valence-electron chi connectivity index (χ3n) is 5.53. The lowest BCUT2D eigenvalue weighted by atomic mass is 10.1. The molecule has 0 atom stereocenters. The molecule has 1 aromatic carbocycles. The SMILES string of the molecule is COc1ccc(OC)c(CN(C(=O)Cc2c(C)nn(CC(C)C)c2C)C2CC2)c1. The van der Waals surface area contributed by atoms with E-state index in [1.54, 1.807) is 14.2 Å². The normalized spacial score (nSPS) is 13.6. The topological polar surface area (TPSA) is 56.6 Å². The molecule has 1 heterocycles. The summed E-state index contributed by atoms with van der Waals surface area (Å²) in [7, 11) is 3.31. The van der Waals surface area contributed by atoms with Crippen molar-refractivity contribution in [1.82, 2.24) is 14.7 Å². The predicted octanol–water partition coefficient (Wildman–Crippen LogP) is 3.91. The van der Waals surface area contributed by atoms with Crippen molar-refractivity contribution in [3.63, 3.8) is 0 Å². The summed E-state index contributed by atoms with van der Waals surface area (Å²) in [6, 6.07) is 6.04. The Morgan fingerprint density at radius 1 is 1.24 bits per heavy atom. The van der Waals surface area contributed by atoms with Gasteiger partial charge in [-0.2, -0.15) is 5.10 Å². The number of rotatable bonds is 9. The van der Waals surface area contributed by atoms with Crippen LogP contribution in [0.2, 0.25) is 0 Å². The van der Waals surface area contributed by atoms with Crippen LogP contribution in [0.5, 0.6) is 11.5 Å². The minimum atomic E-state index is 0.146. The highest BCUT2D eigenvalue weighted by Crippen LogP contribution is 2.32. The van der Waals surface area contributed by atoms with Crippen molar-refractivity contribution in [2.75, 3.05) is 14.2 Å². The maximum Gasteiger partial charge on any atom is 0.227 e. The number of methoxy groups -OCH3 is 2. The number of nitrogens with zero attached hydrogens (tertiary/aromatic N) is 3. The summed E-state index contributed by atoms with van der Waals surface area (Å²) in [5, 5.41) is 4.67. The molecule has 0 unspecified atom stereocenters. The summed E-state index contributed by atoms with van der Waals surface area (Å²) in [5.74, 6) is 2.21. The zero-order valence-corrected chi connectivity index (χ0v) is 18.5. The zero-order valence-electron chi connectivity index (χ0n) is 18.5. The van der Waals surface area contributed by atoms with Gasteiger partial charge in [0.2, 0.25) is 5.91 Å². The van der Waals surface area contributed by atoms with Crippen LogP contribution in [-0.2, 0) is 24.3 Å². The second-order valence-corrected chi connectivity index (χ2v) is 8.33. The van der Waals surface area contributed by atoms with Crippen molar-refractivity contribution in [1.29, 1.82) is 0 Å². The second-order valence-electron chi connectivity index (χ2n) is 8.33. The van der Waals surface area contributed by atoms with Crippen LogP contribution in [0.15, 0.2) is 18.2 Å². The third-order valence-corrected chi connectivity index (χ3v) is 5.53. The van der Waals surface area contributed by atoms with Gasteiger partial charge in [0.25, 0.3) is 0 Å². The minimum Gasteiger partial charge on any atom is -0.497 e. The molecule has 1 aliphatic carbocycles. The van der Waals surface area contributed by atoms with Crippen LogP contribution in [-0.4, -0.2) is 40.8 Å². The molecule has 0 spiro atoms. The van der Waals surface area contributed by atoms with Gasteiger partial charge in [0.1, 0.15) is 11.5 Å². The molecule has 1 aromatic heterocycles. The summed E-state index contributed by atoms with van der Waals surface area (Å²) in [5.41, 5.74) is 4.07. The van der Waals surface area contributed by atoms with E-state index >= 15 is 0 Å². The lowest BCUT2D eigenvalue weighted by molar-refractivity contribution is -0.131. The van der Waals surface area contributed by atoms with E-state index in [0.29, 0.717) is 24.9 Å². The smallest absolute Gasteiger partial charge is 0.227 e. The van der Waals surface area contributed by atoms with E-state index in [-0.39, 0.29) is 5.91 Å². The fourth-order valence-electron chi connectivity index (χ4n) is 3.76. The molecule has 1 aliphatic rings. The van der Waals surface area contributed by atoms with Gasteiger partial charge in [0.15, 0.2) is 0 Å². The van der Waals surface area contributed by atoms with Crippen LogP contribution in [0.25, 0.3) is 0 Å². The molecule has 1 amide bonds. The molecule has 3 rings (SSSR count). The number of amides is 1. The Balaban J connectivity index is 1.81. The zero-order chi connectivity index (χ0) is 21.1. The first kappa shape index (κ1) is 21.2. The van der Waals surface area contributed by atoms with Gasteiger partial charge in [-0.1, -0.05) is 13.8 Å². The lowest BCUT2D eigenvalue weighted by Crippen LogP contribution is -2.34. The fourth-order valence-corrected chi connectivity index (χ4v) is 3.76. The van der Waals surface area contributed by atoms with Crippen LogP contribution in [0.4, 0.5) is 0 Å².